The molecule has 0 aliphatic carbocycles. The molecule has 2 aliphatic rings. The number of carbonyl (C=O) groups is 1. The average molecular weight is 341 g/mol. The number of carbonyl (C=O) groups excluding carboxylic acids is 1. The van der Waals surface area contributed by atoms with Gasteiger partial charge in [0.25, 0.3) is 0 Å². The summed E-state index contributed by atoms with van der Waals surface area (Å²) in [4.78, 5) is 16.8. The molecule has 140 valence electrons. The second kappa shape index (κ2) is 8.50. The normalized spacial score (nSPS) is 27.9. The molecule has 0 unspecified atom stereocenters. The minimum absolute atomic E-state index is 0.129. The zero-order valence-corrected chi connectivity index (χ0v) is 15.8. The summed E-state index contributed by atoms with van der Waals surface area (Å²) in [7, 11) is 0. The van der Waals surface area contributed by atoms with Crippen molar-refractivity contribution in [2.24, 2.45) is 5.92 Å². The van der Waals surface area contributed by atoms with Crippen molar-refractivity contribution in [3.05, 3.63) is 0 Å². The first kappa shape index (κ1) is 19.5. The third-order valence-electron chi connectivity index (χ3n) is 4.99. The van der Waals surface area contributed by atoms with Crippen LogP contribution in [0.4, 0.5) is 4.79 Å². The molecule has 2 N–H and O–H groups in total. The van der Waals surface area contributed by atoms with Crippen molar-refractivity contribution in [1.82, 2.24) is 15.1 Å². The predicted octanol–water partition coefficient (Wildman–Crippen LogP) is 1.68. The molecule has 2 rings (SSSR count). The van der Waals surface area contributed by atoms with Crippen LogP contribution in [0.1, 0.15) is 47.0 Å². The van der Waals surface area contributed by atoms with Gasteiger partial charge < -0.3 is 25.0 Å². The largest absolute Gasteiger partial charge is 0.444 e. The fourth-order valence-corrected chi connectivity index (χ4v) is 3.48. The van der Waals surface area contributed by atoms with Crippen LogP contribution in [0.5, 0.6) is 0 Å². The molecule has 2 aliphatic heterocycles. The smallest absolute Gasteiger partial charge is 0.407 e. The number of piperidine rings is 2. The molecule has 1 amide bonds. The molecule has 2 heterocycles. The van der Waals surface area contributed by atoms with Gasteiger partial charge in [0.2, 0.25) is 0 Å². The number of aliphatic hydroxyl groups is 1. The Morgan fingerprint density at radius 2 is 1.71 bits per heavy atom. The van der Waals surface area contributed by atoms with Crippen molar-refractivity contribution in [3.63, 3.8) is 0 Å². The Kier molecular flexibility index (Phi) is 6.89. The summed E-state index contributed by atoms with van der Waals surface area (Å²) in [6, 6.07) is 0.223. The summed E-state index contributed by atoms with van der Waals surface area (Å²) in [6.45, 7) is 14.0. The third kappa shape index (κ3) is 6.57. The van der Waals surface area contributed by atoms with Crippen LogP contribution in [0.15, 0.2) is 0 Å². The van der Waals surface area contributed by atoms with E-state index in [1.807, 2.05) is 20.8 Å². The van der Waals surface area contributed by atoms with Crippen LogP contribution in [-0.2, 0) is 4.74 Å². The molecular weight excluding hydrogens is 306 g/mol. The molecule has 0 radical (unpaired) electrons. The van der Waals surface area contributed by atoms with Crippen molar-refractivity contribution < 1.29 is 14.6 Å². The first-order chi connectivity index (χ1) is 11.2. The Hall–Kier alpha value is -0.850. The van der Waals surface area contributed by atoms with Crippen molar-refractivity contribution in [1.29, 1.82) is 0 Å². The van der Waals surface area contributed by atoms with Gasteiger partial charge in [0.1, 0.15) is 5.60 Å². The van der Waals surface area contributed by atoms with Crippen LogP contribution in [0.3, 0.4) is 0 Å². The molecule has 0 spiro atoms. The molecule has 0 aromatic heterocycles. The zero-order valence-electron chi connectivity index (χ0n) is 15.8. The number of hydrogen-bond donors (Lipinski definition) is 2. The first-order valence-corrected chi connectivity index (χ1v) is 9.35. The van der Waals surface area contributed by atoms with Crippen LogP contribution in [0.2, 0.25) is 0 Å². The van der Waals surface area contributed by atoms with E-state index >= 15 is 0 Å². The van der Waals surface area contributed by atoms with Crippen molar-refractivity contribution in [3.8, 4) is 0 Å². The van der Waals surface area contributed by atoms with Crippen LogP contribution in [0, 0.1) is 5.92 Å². The van der Waals surface area contributed by atoms with E-state index in [-0.39, 0.29) is 18.2 Å². The molecule has 6 heteroatoms. The highest BCUT2D eigenvalue weighted by Crippen LogP contribution is 2.17. The molecule has 2 saturated heterocycles. The van der Waals surface area contributed by atoms with Crippen molar-refractivity contribution >= 4 is 6.09 Å². The highest BCUT2D eigenvalue weighted by Gasteiger charge is 2.26. The predicted molar refractivity (Wildman–Crippen MR) is 95.1 cm³/mol. The Bertz CT molecular complexity index is 403. The lowest BCUT2D eigenvalue weighted by atomic mass is 9.97. The summed E-state index contributed by atoms with van der Waals surface area (Å²) >= 11 is 0. The van der Waals surface area contributed by atoms with Gasteiger partial charge in [0.15, 0.2) is 0 Å². The van der Waals surface area contributed by atoms with Gasteiger partial charge in [-0.2, -0.15) is 0 Å². The van der Waals surface area contributed by atoms with E-state index in [2.05, 4.69) is 22.0 Å². The second-order valence-electron chi connectivity index (χ2n) is 8.40. The molecular formula is C18H35N3O3. The number of nitrogens with zero attached hydrogens (tertiary/aromatic N) is 2. The molecule has 6 nitrogen and oxygen atoms in total. The van der Waals surface area contributed by atoms with Crippen LogP contribution < -0.4 is 5.32 Å². The third-order valence-corrected chi connectivity index (χ3v) is 4.99. The number of likely N-dealkylation sites (tertiary alicyclic amines) is 2. The van der Waals surface area contributed by atoms with Gasteiger partial charge in [-0.3, -0.25) is 0 Å². The van der Waals surface area contributed by atoms with Gasteiger partial charge in [-0.25, -0.2) is 4.79 Å². The van der Waals surface area contributed by atoms with Gasteiger partial charge in [-0.1, -0.05) is 6.92 Å². The van der Waals surface area contributed by atoms with E-state index in [0.29, 0.717) is 5.92 Å². The topological polar surface area (TPSA) is 65.0 Å². The molecule has 2 fully saturated rings. The lowest BCUT2D eigenvalue weighted by Gasteiger charge is -2.37. The summed E-state index contributed by atoms with van der Waals surface area (Å²) in [6.07, 6.45) is 2.42. The summed E-state index contributed by atoms with van der Waals surface area (Å²) in [5.41, 5.74) is -0.441. The number of nitrogens with one attached hydrogen (secondary N) is 1. The first-order valence-electron chi connectivity index (χ1n) is 9.35. The maximum atomic E-state index is 11.8. The maximum Gasteiger partial charge on any atom is 0.407 e. The van der Waals surface area contributed by atoms with E-state index < -0.39 is 5.60 Å². The molecule has 24 heavy (non-hydrogen) atoms. The SMILES string of the molecule is C[C@H]1CN(CCN2CCC(NC(=O)OC(C)(C)C)CC2)CC[C@@H]1O. The van der Waals surface area contributed by atoms with Crippen LogP contribution in [-0.4, -0.2) is 78.0 Å². The lowest BCUT2D eigenvalue weighted by molar-refractivity contribution is 0.0294. The Morgan fingerprint density at radius 1 is 1.12 bits per heavy atom. The van der Waals surface area contributed by atoms with E-state index in [1.165, 1.54) is 0 Å². The second-order valence-corrected chi connectivity index (χ2v) is 8.40. The molecule has 2 atom stereocenters. The summed E-state index contributed by atoms with van der Waals surface area (Å²) < 4.78 is 5.32. The van der Waals surface area contributed by atoms with Crippen molar-refractivity contribution in [2.75, 3.05) is 39.3 Å². The minimum atomic E-state index is -0.441. The van der Waals surface area contributed by atoms with Gasteiger partial charge >= 0.3 is 6.09 Å². The molecule has 0 aromatic rings. The lowest BCUT2D eigenvalue weighted by Crippen LogP contribution is -2.49. The van der Waals surface area contributed by atoms with Gasteiger partial charge in [0.05, 0.1) is 6.10 Å². The highest BCUT2D eigenvalue weighted by atomic mass is 16.6. The minimum Gasteiger partial charge on any atom is -0.444 e. The van der Waals surface area contributed by atoms with E-state index in [4.69, 9.17) is 4.74 Å². The number of alkyl carbamates (subject to hydrolysis) is 1. The number of rotatable bonds is 4. The number of hydrogen-bond acceptors (Lipinski definition) is 5. The fourth-order valence-electron chi connectivity index (χ4n) is 3.48. The standard InChI is InChI=1S/C18H35N3O3/c1-14-13-21(10-7-16(14)22)12-11-20-8-5-15(6-9-20)19-17(23)24-18(2,3)4/h14-16,22H,5-13H2,1-4H3,(H,19,23)/t14-,16-/m0/s1. The molecule has 0 saturated carbocycles. The highest BCUT2D eigenvalue weighted by molar-refractivity contribution is 5.68. The number of amides is 1. The Morgan fingerprint density at radius 3 is 2.29 bits per heavy atom. The summed E-state index contributed by atoms with van der Waals surface area (Å²) in [5, 5.41) is 12.8. The summed E-state index contributed by atoms with van der Waals surface area (Å²) in [5.74, 6) is 0.377. The van der Waals surface area contributed by atoms with Gasteiger partial charge in [-0.05, 0) is 46.0 Å². The van der Waals surface area contributed by atoms with Gasteiger partial charge in [0, 0.05) is 45.3 Å². The fraction of sp³-hybridized carbons (Fsp3) is 0.944. The van der Waals surface area contributed by atoms with Crippen LogP contribution in [0.25, 0.3) is 0 Å². The van der Waals surface area contributed by atoms with E-state index in [1.54, 1.807) is 0 Å². The van der Waals surface area contributed by atoms with Crippen molar-refractivity contribution in [2.45, 2.75) is 64.7 Å². The van der Waals surface area contributed by atoms with E-state index in [9.17, 15) is 9.90 Å². The average Bonchev–Trinajstić information content (AvgIpc) is 2.48. The maximum absolute atomic E-state index is 11.8. The monoisotopic (exact) mass is 341 g/mol. The van der Waals surface area contributed by atoms with Gasteiger partial charge in [-0.15, -0.1) is 0 Å². The molecule has 0 bridgehead atoms. The number of ether oxygens (including phenoxy) is 1. The number of aliphatic hydroxyl groups excluding tert-OH is 1. The van der Waals surface area contributed by atoms with E-state index in [0.717, 1.165) is 58.5 Å². The molecule has 0 aromatic carbocycles. The Balaban J connectivity index is 1.62. The quantitative estimate of drug-likeness (QED) is 0.814. The Labute approximate surface area is 146 Å². The zero-order chi connectivity index (χ0) is 17.7. The van der Waals surface area contributed by atoms with Crippen LogP contribution >= 0.6 is 0 Å².